The van der Waals surface area contributed by atoms with Crippen LogP contribution in [0.1, 0.15) is 30.5 Å². The standard InChI is InChI=1S/C14H14BrF2N3/c15-10-2-1-3-12(6-10)20-13(14(16)17)9(8-19-20)7-18-11-4-5-11/h1-3,6,8,11,14,18H,4-5,7H2. The van der Waals surface area contributed by atoms with E-state index in [9.17, 15) is 8.78 Å². The molecule has 1 aromatic heterocycles. The number of hydrogen-bond acceptors (Lipinski definition) is 2. The molecule has 0 atom stereocenters. The van der Waals surface area contributed by atoms with Gasteiger partial charge >= 0.3 is 0 Å². The van der Waals surface area contributed by atoms with Gasteiger partial charge in [0.15, 0.2) is 0 Å². The Bertz CT molecular complexity index is 608. The van der Waals surface area contributed by atoms with Gasteiger partial charge in [-0.25, -0.2) is 13.5 Å². The van der Waals surface area contributed by atoms with Crippen LogP contribution in [0.5, 0.6) is 0 Å². The summed E-state index contributed by atoms with van der Waals surface area (Å²) in [5.41, 5.74) is 1.16. The molecule has 1 aliphatic carbocycles. The molecular weight excluding hydrogens is 328 g/mol. The fraction of sp³-hybridized carbons (Fsp3) is 0.357. The Labute approximate surface area is 124 Å². The van der Waals surface area contributed by atoms with Crippen LogP contribution in [0.4, 0.5) is 8.78 Å². The third-order valence-electron chi connectivity index (χ3n) is 3.30. The summed E-state index contributed by atoms with van der Waals surface area (Å²) in [6.07, 6.45) is 1.23. The maximum absolute atomic E-state index is 13.3. The molecule has 1 saturated carbocycles. The number of halogens is 3. The van der Waals surface area contributed by atoms with Gasteiger partial charge in [-0.15, -0.1) is 0 Å². The van der Waals surface area contributed by atoms with Crippen molar-refractivity contribution in [2.45, 2.75) is 31.9 Å². The van der Waals surface area contributed by atoms with Gasteiger partial charge in [-0.3, -0.25) is 0 Å². The van der Waals surface area contributed by atoms with Gasteiger partial charge in [-0.1, -0.05) is 22.0 Å². The molecule has 0 amide bonds. The lowest BCUT2D eigenvalue weighted by molar-refractivity contribution is 0.141. The summed E-state index contributed by atoms with van der Waals surface area (Å²) in [6.45, 7) is 0.443. The van der Waals surface area contributed by atoms with E-state index in [0.29, 0.717) is 23.8 Å². The Morgan fingerprint density at radius 2 is 2.20 bits per heavy atom. The van der Waals surface area contributed by atoms with Crippen LogP contribution in [0.15, 0.2) is 34.9 Å². The summed E-state index contributed by atoms with van der Waals surface area (Å²) in [7, 11) is 0. The van der Waals surface area contributed by atoms with Gasteiger partial charge in [0.2, 0.25) is 0 Å². The first kappa shape index (κ1) is 13.7. The number of nitrogens with zero attached hydrogens (tertiary/aromatic N) is 2. The minimum atomic E-state index is -2.55. The quantitative estimate of drug-likeness (QED) is 0.895. The molecule has 0 unspecified atom stereocenters. The molecule has 20 heavy (non-hydrogen) atoms. The SMILES string of the molecule is FC(F)c1c(CNC2CC2)cnn1-c1cccc(Br)c1. The summed E-state index contributed by atoms with van der Waals surface area (Å²) < 4.78 is 28.8. The van der Waals surface area contributed by atoms with Crippen molar-refractivity contribution in [3.05, 3.63) is 46.2 Å². The minimum Gasteiger partial charge on any atom is -0.310 e. The number of nitrogens with one attached hydrogen (secondary N) is 1. The molecule has 1 aromatic carbocycles. The van der Waals surface area contributed by atoms with Crippen molar-refractivity contribution in [1.29, 1.82) is 0 Å². The lowest BCUT2D eigenvalue weighted by Gasteiger charge is -2.09. The van der Waals surface area contributed by atoms with E-state index in [0.717, 1.165) is 17.3 Å². The van der Waals surface area contributed by atoms with Crippen LogP contribution in [-0.2, 0) is 6.54 Å². The highest BCUT2D eigenvalue weighted by Gasteiger charge is 2.24. The number of aromatic nitrogens is 2. The number of benzene rings is 1. The van der Waals surface area contributed by atoms with Crippen molar-refractivity contribution >= 4 is 15.9 Å². The highest BCUT2D eigenvalue weighted by molar-refractivity contribution is 9.10. The summed E-state index contributed by atoms with van der Waals surface area (Å²) >= 11 is 3.34. The van der Waals surface area contributed by atoms with E-state index in [1.54, 1.807) is 18.2 Å². The van der Waals surface area contributed by atoms with E-state index in [4.69, 9.17) is 0 Å². The van der Waals surface area contributed by atoms with E-state index in [1.807, 2.05) is 6.07 Å². The molecule has 1 aliphatic rings. The highest BCUT2D eigenvalue weighted by Crippen LogP contribution is 2.28. The lowest BCUT2D eigenvalue weighted by atomic mass is 10.2. The second-order valence-corrected chi connectivity index (χ2v) is 5.82. The second kappa shape index (κ2) is 5.61. The molecule has 0 aliphatic heterocycles. The first-order valence-corrected chi connectivity index (χ1v) is 7.28. The monoisotopic (exact) mass is 341 g/mol. The molecule has 3 nitrogen and oxygen atoms in total. The molecule has 2 aromatic rings. The highest BCUT2D eigenvalue weighted by atomic mass is 79.9. The van der Waals surface area contributed by atoms with Gasteiger partial charge in [-0.2, -0.15) is 5.10 Å². The molecule has 0 saturated heterocycles. The van der Waals surface area contributed by atoms with Crippen LogP contribution in [-0.4, -0.2) is 15.8 Å². The Morgan fingerprint density at radius 3 is 2.85 bits per heavy atom. The van der Waals surface area contributed by atoms with Crippen molar-refractivity contribution in [2.24, 2.45) is 0 Å². The maximum Gasteiger partial charge on any atom is 0.280 e. The molecule has 106 valence electrons. The molecule has 0 bridgehead atoms. The first-order chi connectivity index (χ1) is 9.65. The molecule has 3 rings (SSSR count). The van der Waals surface area contributed by atoms with E-state index in [1.165, 1.54) is 10.9 Å². The zero-order chi connectivity index (χ0) is 14.1. The second-order valence-electron chi connectivity index (χ2n) is 4.90. The molecular formula is C14H14BrF2N3. The Hall–Kier alpha value is -1.27. The van der Waals surface area contributed by atoms with Crippen molar-refractivity contribution in [2.75, 3.05) is 0 Å². The molecule has 0 spiro atoms. The molecule has 1 fully saturated rings. The smallest absolute Gasteiger partial charge is 0.280 e. The Kier molecular flexibility index (Phi) is 3.85. The third kappa shape index (κ3) is 2.91. The average Bonchev–Trinajstić information content (AvgIpc) is 3.14. The largest absolute Gasteiger partial charge is 0.310 e. The normalized spacial score (nSPS) is 15.0. The van der Waals surface area contributed by atoms with Gasteiger partial charge in [0, 0.05) is 22.6 Å². The lowest BCUT2D eigenvalue weighted by Crippen LogP contribution is -2.16. The predicted octanol–water partition coefficient (Wildman–Crippen LogP) is 3.82. The Morgan fingerprint density at radius 1 is 1.40 bits per heavy atom. The summed E-state index contributed by atoms with van der Waals surface area (Å²) in [5, 5.41) is 7.37. The van der Waals surface area contributed by atoms with Crippen LogP contribution in [0.25, 0.3) is 5.69 Å². The van der Waals surface area contributed by atoms with Crippen LogP contribution >= 0.6 is 15.9 Å². The number of hydrogen-bond donors (Lipinski definition) is 1. The fourth-order valence-electron chi connectivity index (χ4n) is 2.12. The Balaban J connectivity index is 1.93. The van der Waals surface area contributed by atoms with E-state index < -0.39 is 6.43 Å². The number of rotatable bonds is 5. The molecule has 0 radical (unpaired) electrons. The topological polar surface area (TPSA) is 29.9 Å². The first-order valence-electron chi connectivity index (χ1n) is 6.49. The van der Waals surface area contributed by atoms with E-state index in [-0.39, 0.29) is 5.69 Å². The summed E-state index contributed by atoms with van der Waals surface area (Å²) in [6, 6.07) is 7.68. The van der Waals surface area contributed by atoms with Gasteiger partial charge < -0.3 is 5.32 Å². The van der Waals surface area contributed by atoms with Crippen molar-refractivity contribution in [1.82, 2.24) is 15.1 Å². The zero-order valence-electron chi connectivity index (χ0n) is 10.7. The van der Waals surface area contributed by atoms with Crippen molar-refractivity contribution in [3.63, 3.8) is 0 Å². The van der Waals surface area contributed by atoms with E-state index in [2.05, 4.69) is 26.3 Å². The van der Waals surface area contributed by atoms with Crippen LogP contribution in [0.2, 0.25) is 0 Å². The minimum absolute atomic E-state index is 0.0312. The van der Waals surface area contributed by atoms with E-state index >= 15 is 0 Å². The third-order valence-corrected chi connectivity index (χ3v) is 3.80. The molecule has 6 heteroatoms. The van der Waals surface area contributed by atoms with Crippen LogP contribution in [0.3, 0.4) is 0 Å². The van der Waals surface area contributed by atoms with Crippen LogP contribution < -0.4 is 5.32 Å². The van der Waals surface area contributed by atoms with Crippen molar-refractivity contribution < 1.29 is 8.78 Å². The summed E-state index contributed by atoms with van der Waals surface area (Å²) in [5.74, 6) is 0. The zero-order valence-corrected chi connectivity index (χ0v) is 12.3. The van der Waals surface area contributed by atoms with Gasteiger partial charge in [0.25, 0.3) is 6.43 Å². The molecule has 1 N–H and O–H groups in total. The van der Waals surface area contributed by atoms with Gasteiger partial charge in [-0.05, 0) is 31.0 Å². The summed E-state index contributed by atoms with van der Waals surface area (Å²) in [4.78, 5) is 0. The fourth-order valence-corrected chi connectivity index (χ4v) is 2.50. The van der Waals surface area contributed by atoms with Gasteiger partial charge in [0.1, 0.15) is 5.69 Å². The maximum atomic E-state index is 13.3. The number of alkyl halides is 2. The predicted molar refractivity (Wildman–Crippen MR) is 76.1 cm³/mol. The van der Waals surface area contributed by atoms with Crippen LogP contribution in [0, 0.1) is 0 Å². The molecule has 1 heterocycles. The van der Waals surface area contributed by atoms with Gasteiger partial charge in [0.05, 0.1) is 11.9 Å². The van der Waals surface area contributed by atoms with Crippen molar-refractivity contribution in [3.8, 4) is 5.69 Å². The average molecular weight is 342 g/mol.